The summed E-state index contributed by atoms with van der Waals surface area (Å²) in [4.78, 5) is 9.89. The highest BCUT2D eigenvalue weighted by Gasteiger charge is 2.24. The van der Waals surface area contributed by atoms with Crippen molar-refractivity contribution in [2.75, 3.05) is 13.7 Å². The maximum absolute atomic E-state index is 12.3. The lowest BCUT2D eigenvalue weighted by Crippen LogP contribution is -2.26. The van der Waals surface area contributed by atoms with Gasteiger partial charge >= 0.3 is 0 Å². The van der Waals surface area contributed by atoms with Crippen molar-refractivity contribution in [3.63, 3.8) is 0 Å². The minimum atomic E-state index is -3.96. The van der Waals surface area contributed by atoms with Crippen molar-refractivity contribution < 1.29 is 18.1 Å². The standard InChI is InChI=1S/C15H16N2O5S/c1-22-14-8-4-2-6-12(14)10-11-16-23(20,21)15-9-5-3-7-13(15)17(18)19/h2-9,16H,10-11H2,1H3. The van der Waals surface area contributed by atoms with Gasteiger partial charge in [0.25, 0.3) is 5.69 Å². The van der Waals surface area contributed by atoms with Crippen molar-refractivity contribution in [3.8, 4) is 5.75 Å². The molecule has 0 fully saturated rings. The molecule has 7 nitrogen and oxygen atoms in total. The summed E-state index contributed by atoms with van der Waals surface area (Å²) in [6.45, 7) is 0.106. The van der Waals surface area contributed by atoms with Crippen molar-refractivity contribution >= 4 is 15.7 Å². The van der Waals surface area contributed by atoms with Gasteiger partial charge in [0.15, 0.2) is 4.90 Å². The van der Waals surface area contributed by atoms with Gasteiger partial charge < -0.3 is 4.74 Å². The van der Waals surface area contributed by atoms with Crippen LogP contribution in [-0.2, 0) is 16.4 Å². The van der Waals surface area contributed by atoms with Gasteiger partial charge in [-0.1, -0.05) is 30.3 Å². The van der Waals surface area contributed by atoms with Crippen LogP contribution in [0.25, 0.3) is 0 Å². The number of para-hydroxylation sites is 2. The second kappa shape index (κ2) is 7.21. The monoisotopic (exact) mass is 336 g/mol. The number of nitrogens with one attached hydrogen (secondary N) is 1. The quantitative estimate of drug-likeness (QED) is 0.617. The largest absolute Gasteiger partial charge is 0.496 e. The van der Waals surface area contributed by atoms with Gasteiger partial charge in [0, 0.05) is 12.6 Å². The van der Waals surface area contributed by atoms with Crippen LogP contribution in [0.3, 0.4) is 0 Å². The molecule has 0 radical (unpaired) electrons. The average molecular weight is 336 g/mol. The lowest BCUT2D eigenvalue weighted by Gasteiger charge is -2.09. The number of nitrogens with zero attached hydrogens (tertiary/aromatic N) is 1. The van der Waals surface area contributed by atoms with Gasteiger partial charge in [0.05, 0.1) is 12.0 Å². The molecule has 0 spiro atoms. The van der Waals surface area contributed by atoms with Crippen LogP contribution in [0.2, 0.25) is 0 Å². The summed E-state index contributed by atoms with van der Waals surface area (Å²) in [5.41, 5.74) is 0.401. The second-order valence-corrected chi connectivity index (χ2v) is 6.42. The Morgan fingerprint density at radius 3 is 2.48 bits per heavy atom. The van der Waals surface area contributed by atoms with E-state index in [9.17, 15) is 18.5 Å². The summed E-state index contributed by atoms with van der Waals surface area (Å²) in [6.07, 6.45) is 0.407. The number of ether oxygens (including phenoxy) is 1. The zero-order valence-electron chi connectivity index (χ0n) is 12.4. The summed E-state index contributed by atoms with van der Waals surface area (Å²) in [6, 6.07) is 12.5. The first kappa shape index (κ1) is 16.9. The summed E-state index contributed by atoms with van der Waals surface area (Å²) < 4.78 is 32.1. The second-order valence-electron chi connectivity index (χ2n) is 4.68. The van der Waals surface area contributed by atoms with Gasteiger partial charge in [0.2, 0.25) is 10.0 Å². The third-order valence-electron chi connectivity index (χ3n) is 3.23. The maximum atomic E-state index is 12.3. The number of hydrogen-bond acceptors (Lipinski definition) is 5. The number of nitro benzene ring substituents is 1. The molecule has 2 rings (SSSR count). The fraction of sp³-hybridized carbons (Fsp3) is 0.200. The summed E-state index contributed by atoms with van der Waals surface area (Å²) >= 11 is 0. The number of methoxy groups -OCH3 is 1. The summed E-state index contributed by atoms with van der Waals surface area (Å²) in [5, 5.41) is 10.9. The molecule has 122 valence electrons. The Hall–Kier alpha value is -2.45. The molecule has 0 saturated heterocycles. The van der Waals surface area contributed by atoms with E-state index in [2.05, 4.69) is 4.72 Å². The lowest BCUT2D eigenvalue weighted by molar-refractivity contribution is -0.387. The molecular formula is C15H16N2O5S. The Balaban J connectivity index is 2.12. The van der Waals surface area contributed by atoms with Crippen molar-refractivity contribution in [2.24, 2.45) is 0 Å². The predicted octanol–water partition coefficient (Wildman–Crippen LogP) is 2.12. The number of benzene rings is 2. The van der Waals surface area contributed by atoms with Crippen LogP contribution in [0, 0.1) is 10.1 Å². The number of nitro groups is 1. The summed E-state index contributed by atoms with van der Waals surface area (Å²) in [5.74, 6) is 0.664. The van der Waals surface area contributed by atoms with Crippen molar-refractivity contribution in [2.45, 2.75) is 11.3 Å². The highest BCUT2D eigenvalue weighted by molar-refractivity contribution is 7.89. The highest BCUT2D eigenvalue weighted by atomic mass is 32.2. The van der Waals surface area contributed by atoms with Crippen LogP contribution in [0.15, 0.2) is 53.4 Å². The third-order valence-corrected chi connectivity index (χ3v) is 4.74. The fourth-order valence-electron chi connectivity index (χ4n) is 2.14. The van der Waals surface area contributed by atoms with E-state index in [4.69, 9.17) is 4.74 Å². The topological polar surface area (TPSA) is 98.5 Å². The van der Waals surface area contributed by atoms with Crippen molar-refractivity contribution in [1.82, 2.24) is 4.72 Å². The molecule has 2 aromatic carbocycles. The first-order valence-electron chi connectivity index (χ1n) is 6.80. The molecule has 0 aliphatic rings. The molecule has 0 aliphatic heterocycles. The van der Waals surface area contributed by atoms with Gasteiger partial charge in [0.1, 0.15) is 5.75 Å². The SMILES string of the molecule is COc1ccccc1CCNS(=O)(=O)c1ccccc1[N+](=O)[O-]. The highest BCUT2D eigenvalue weighted by Crippen LogP contribution is 2.23. The Bertz CT molecular complexity index is 805. The number of rotatable bonds is 7. The Labute approximate surface area is 134 Å². The molecule has 0 unspecified atom stereocenters. The smallest absolute Gasteiger partial charge is 0.289 e. The molecule has 0 amide bonds. The molecule has 0 saturated carbocycles. The van der Waals surface area contributed by atoms with Crippen molar-refractivity contribution in [3.05, 3.63) is 64.2 Å². The molecule has 0 aliphatic carbocycles. The average Bonchev–Trinajstić information content (AvgIpc) is 2.55. The molecule has 0 atom stereocenters. The maximum Gasteiger partial charge on any atom is 0.289 e. The number of sulfonamides is 1. The van der Waals surface area contributed by atoms with Crippen molar-refractivity contribution in [1.29, 1.82) is 0 Å². The first-order valence-corrected chi connectivity index (χ1v) is 8.29. The van der Waals surface area contributed by atoms with Crippen LogP contribution in [-0.4, -0.2) is 27.0 Å². The lowest BCUT2D eigenvalue weighted by atomic mass is 10.1. The van der Waals surface area contributed by atoms with E-state index in [0.29, 0.717) is 12.2 Å². The zero-order valence-corrected chi connectivity index (χ0v) is 13.2. The van der Waals surface area contributed by atoms with E-state index < -0.39 is 20.6 Å². The zero-order chi connectivity index (χ0) is 16.9. The van der Waals surface area contributed by atoms with Crippen LogP contribution in [0.4, 0.5) is 5.69 Å². The van der Waals surface area contributed by atoms with Crippen LogP contribution in [0.5, 0.6) is 5.75 Å². The van der Waals surface area contributed by atoms with E-state index in [0.717, 1.165) is 11.6 Å². The predicted molar refractivity (Wildman–Crippen MR) is 85.0 cm³/mol. The van der Waals surface area contributed by atoms with E-state index in [1.54, 1.807) is 6.07 Å². The third kappa shape index (κ3) is 4.05. The normalized spacial score (nSPS) is 11.2. The Morgan fingerprint density at radius 1 is 1.13 bits per heavy atom. The molecule has 2 aromatic rings. The molecule has 0 aromatic heterocycles. The van der Waals surface area contributed by atoms with Gasteiger partial charge in [-0.2, -0.15) is 0 Å². The Kier molecular flexibility index (Phi) is 5.30. The van der Waals surface area contributed by atoms with Gasteiger partial charge in [-0.15, -0.1) is 0 Å². The molecule has 1 N–H and O–H groups in total. The van der Waals surface area contributed by atoms with Gasteiger partial charge in [-0.25, -0.2) is 13.1 Å². The molecule has 0 bridgehead atoms. The minimum Gasteiger partial charge on any atom is -0.496 e. The first-order chi connectivity index (χ1) is 11.0. The van der Waals surface area contributed by atoms with Crippen LogP contribution in [0.1, 0.15) is 5.56 Å². The van der Waals surface area contributed by atoms with E-state index in [-0.39, 0.29) is 11.4 Å². The van der Waals surface area contributed by atoms with E-state index >= 15 is 0 Å². The molecule has 23 heavy (non-hydrogen) atoms. The van der Waals surface area contributed by atoms with E-state index in [1.165, 1.54) is 25.3 Å². The molecule has 0 heterocycles. The number of hydrogen-bond donors (Lipinski definition) is 1. The summed E-state index contributed by atoms with van der Waals surface area (Å²) in [7, 11) is -2.42. The Morgan fingerprint density at radius 2 is 1.78 bits per heavy atom. The fourth-order valence-corrected chi connectivity index (χ4v) is 3.34. The molecular weight excluding hydrogens is 320 g/mol. The van der Waals surface area contributed by atoms with Gasteiger partial charge in [-0.05, 0) is 24.1 Å². The minimum absolute atomic E-state index is 0.106. The van der Waals surface area contributed by atoms with Crippen LogP contribution < -0.4 is 9.46 Å². The molecule has 8 heteroatoms. The van der Waals surface area contributed by atoms with Crippen LogP contribution >= 0.6 is 0 Å². The van der Waals surface area contributed by atoms with Gasteiger partial charge in [-0.3, -0.25) is 10.1 Å². The van der Waals surface area contributed by atoms with E-state index in [1.807, 2.05) is 18.2 Å².